The van der Waals surface area contributed by atoms with Crippen molar-refractivity contribution in [1.82, 2.24) is 4.31 Å². The van der Waals surface area contributed by atoms with Crippen LogP contribution in [0.5, 0.6) is 0 Å². The smallest absolute Gasteiger partial charge is 0.338 e. The number of rotatable bonds is 6. The molecular formula is C21H24N2O5S. The van der Waals surface area contributed by atoms with Crippen LogP contribution in [0.4, 0.5) is 5.69 Å². The third-order valence-corrected chi connectivity index (χ3v) is 6.79. The second-order valence-corrected chi connectivity index (χ2v) is 8.68. The van der Waals surface area contributed by atoms with E-state index < -0.39 is 16.0 Å². The average Bonchev–Trinajstić information content (AvgIpc) is 2.74. The van der Waals surface area contributed by atoms with Gasteiger partial charge in [-0.2, -0.15) is 4.31 Å². The van der Waals surface area contributed by atoms with Crippen LogP contribution < -0.4 is 4.90 Å². The predicted octanol–water partition coefficient (Wildman–Crippen LogP) is 2.58. The number of piperazine rings is 1. The van der Waals surface area contributed by atoms with E-state index in [1.54, 1.807) is 19.1 Å². The number of carbonyl (C=O) groups is 2. The van der Waals surface area contributed by atoms with Crippen molar-refractivity contribution in [1.29, 1.82) is 0 Å². The lowest BCUT2D eigenvalue weighted by molar-refractivity contribution is 0.0526. The number of ether oxygens (including phenoxy) is 1. The highest BCUT2D eigenvalue weighted by Crippen LogP contribution is 2.22. The maximum Gasteiger partial charge on any atom is 0.338 e. The Morgan fingerprint density at radius 3 is 1.97 bits per heavy atom. The van der Waals surface area contributed by atoms with Crippen LogP contribution >= 0.6 is 0 Å². The molecule has 0 radical (unpaired) electrons. The molecule has 8 heteroatoms. The molecule has 1 aliphatic heterocycles. The molecular weight excluding hydrogens is 392 g/mol. The summed E-state index contributed by atoms with van der Waals surface area (Å²) in [5.41, 5.74) is 1.94. The van der Waals surface area contributed by atoms with Gasteiger partial charge in [-0.3, -0.25) is 4.79 Å². The summed E-state index contributed by atoms with van der Waals surface area (Å²) in [4.78, 5) is 25.4. The van der Waals surface area contributed by atoms with Gasteiger partial charge in [0, 0.05) is 37.4 Å². The number of sulfonamides is 1. The molecule has 0 atom stereocenters. The summed E-state index contributed by atoms with van der Waals surface area (Å²) in [6.45, 7) is 5.33. The lowest BCUT2D eigenvalue weighted by atomic mass is 10.1. The van der Waals surface area contributed by atoms with E-state index in [-0.39, 0.29) is 17.3 Å². The number of esters is 1. The number of carbonyl (C=O) groups excluding carboxylic acids is 2. The first-order chi connectivity index (χ1) is 13.8. The molecule has 0 N–H and O–H groups in total. The molecule has 0 aromatic heterocycles. The Morgan fingerprint density at radius 2 is 1.45 bits per heavy atom. The van der Waals surface area contributed by atoms with Crippen molar-refractivity contribution < 1.29 is 22.7 Å². The third kappa shape index (κ3) is 4.65. The van der Waals surface area contributed by atoms with E-state index in [1.807, 2.05) is 12.1 Å². The highest BCUT2D eigenvalue weighted by Gasteiger charge is 2.28. The van der Waals surface area contributed by atoms with Gasteiger partial charge in [0.05, 0.1) is 17.1 Å². The first-order valence-electron chi connectivity index (χ1n) is 9.46. The summed E-state index contributed by atoms with van der Waals surface area (Å²) >= 11 is 0. The molecule has 2 aromatic carbocycles. The number of Topliss-reactive ketones (excluding diaryl/α,β-unsaturated/α-hetero) is 1. The van der Waals surface area contributed by atoms with Gasteiger partial charge in [-0.25, -0.2) is 13.2 Å². The van der Waals surface area contributed by atoms with Crippen molar-refractivity contribution >= 4 is 27.5 Å². The number of nitrogens with zero attached hydrogens (tertiary/aromatic N) is 2. The van der Waals surface area contributed by atoms with Crippen molar-refractivity contribution in [3.8, 4) is 0 Å². The van der Waals surface area contributed by atoms with Crippen molar-refractivity contribution in [3.63, 3.8) is 0 Å². The van der Waals surface area contributed by atoms with E-state index in [4.69, 9.17) is 4.74 Å². The fourth-order valence-electron chi connectivity index (χ4n) is 3.22. The standard InChI is InChI=1S/C21H24N2O5S/c1-3-28-21(25)18-6-10-20(11-7-18)29(26,27)23-14-12-22(13-15-23)19-8-4-17(5-9-19)16(2)24/h4-11H,3,12-15H2,1-2H3. The number of anilines is 1. The zero-order valence-electron chi connectivity index (χ0n) is 16.5. The van der Waals surface area contributed by atoms with Gasteiger partial charge < -0.3 is 9.64 Å². The summed E-state index contributed by atoms with van der Waals surface area (Å²) in [6.07, 6.45) is 0. The van der Waals surface area contributed by atoms with Crippen molar-refractivity contribution in [2.75, 3.05) is 37.7 Å². The van der Waals surface area contributed by atoms with Gasteiger partial charge in [0.15, 0.2) is 5.78 Å². The van der Waals surface area contributed by atoms with E-state index >= 15 is 0 Å². The molecule has 0 unspecified atom stereocenters. The molecule has 1 saturated heterocycles. The van der Waals surface area contributed by atoms with E-state index in [0.717, 1.165) is 5.69 Å². The fraction of sp³-hybridized carbons (Fsp3) is 0.333. The molecule has 0 saturated carbocycles. The molecule has 0 amide bonds. The largest absolute Gasteiger partial charge is 0.462 e. The minimum atomic E-state index is -3.63. The SMILES string of the molecule is CCOC(=O)c1ccc(S(=O)(=O)N2CCN(c3ccc(C(C)=O)cc3)CC2)cc1. The molecule has 0 bridgehead atoms. The Balaban J connectivity index is 1.66. The molecule has 0 aliphatic carbocycles. The van der Waals surface area contributed by atoms with Gasteiger partial charge in [-0.1, -0.05) is 0 Å². The van der Waals surface area contributed by atoms with Gasteiger partial charge in [-0.15, -0.1) is 0 Å². The molecule has 2 aromatic rings. The minimum Gasteiger partial charge on any atom is -0.462 e. The summed E-state index contributed by atoms with van der Waals surface area (Å²) in [5, 5.41) is 0. The van der Waals surface area contributed by atoms with Crippen LogP contribution in [0.25, 0.3) is 0 Å². The second kappa shape index (κ2) is 8.75. The highest BCUT2D eigenvalue weighted by atomic mass is 32.2. The van der Waals surface area contributed by atoms with Crippen molar-refractivity contribution in [2.45, 2.75) is 18.7 Å². The van der Waals surface area contributed by atoms with Crippen molar-refractivity contribution in [2.24, 2.45) is 0 Å². The van der Waals surface area contributed by atoms with Gasteiger partial charge in [0.1, 0.15) is 0 Å². The summed E-state index contributed by atoms with van der Waals surface area (Å²) in [7, 11) is -3.63. The molecule has 1 heterocycles. The van der Waals surface area contributed by atoms with Crippen LogP contribution in [0.1, 0.15) is 34.6 Å². The minimum absolute atomic E-state index is 0.0152. The summed E-state index contributed by atoms with van der Waals surface area (Å²) in [5.74, 6) is -0.456. The van der Waals surface area contributed by atoms with Crippen LogP contribution in [0.2, 0.25) is 0 Å². The molecule has 3 rings (SSSR count). The van der Waals surface area contributed by atoms with Gasteiger partial charge in [-0.05, 0) is 62.4 Å². The summed E-state index contributed by atoms with van der Waals surface area (Å²) in [6, 6.07) is 13.2. The van der Waals surface area contributed by atoms with Crippen LogP contribution in [0.15, 0.2) is 53.4 Å². The Kier molecular flexibility index (Phi) is 6.34. The molecule has 7 nitrogen and oxygen atoms in total. The number of benzene rings is 2. The maximum absolute atomic E-state index is 12.9. The van der Waals surface area contributed by atoms with E-state index in [9.17, 15) is 18.0 Å². The Labute approximate surface area is 170 Å². The second-order valence-electron chi connectivity index (χ2n) is 6.74. The highest BCUT2D eigenvalue weighted by molar-refractivity contribution is 7.89. The lowest BCUT2D eigenvalue weighted by Gasteiger charge is -2.35. The summed E-state index contributed by atoms with van der Waals surface area (Å²) < 4.78 is 32.2. The normalized spacial score (nSPS) is 15.2. The Hall–Kier alpha value is -2.71. The third-order valence-electron chi connectivity index (χ3n) is 4.88. The van der Waals surface area contributed by atoms with Crippen LogP contribution in [-0.4, -0.2) is 57.3 Å². The fourth-order valence-corrected chi connectivity index (χ4v) is 4.64. The number of ketones is 1. The molecule has 154 valence electrons. The lowest BCUT2D eigenvalue weighted by Crippen LogP contribution is -2.48. The molecule has 29 heavy (non-hydrogen) atoms. The van der Waals surface area contributed by atoms with Gasteiger partial charge in [0.2, 0.25) is 10.0 Å². The predicted molar refractivity (Wildman–Crippen MR) is 110 cm³/mol. The molecule has 1 fully saturated rings. The zero-order chi connectivity index (χ0) is 21.0. The Bertz CT molecular complexity index is 977. The maximum atomic E-state index is 12.9. The van der Waals surface area contributed by atoms with E-state index in [2.05, 4.69) is 4.90 Å². The molecule has 1 aliphatic rings. The van der Waals surface area contributed by atoms with E-state index in [1.165, 1.54) is 35.5 Å². The monoisotopic (exact) mass is 416 g/mol. The number of hydrogen-bond acceptors (Lipinski definition) is 6. The van der Waals surface area contributed by atoms with Crippen LogP contribution in [0, 0.1) is 0 Å². The van der Waals surface area contributed by atoms with Crippen molar-refractivity contribution in [3.05, 3.63) is 59.7 Å². The number of hydrogen-bond donors (Lipinski definition) is 0. The van der Waals surface area contributed by atoms with Gasteiger partial charge >= 0.3 is 5.97 Å². The topological polar surface area (TPSA) is 84.0 Å². The van der Waals surface area contributed by atoms with Crippen LogP contribution in [0.3, 0.4) is 0 Å². The van der Waals surface area contributed by atoms with E-state index in [0.29, 0.717) is 37.3 Å². The first-order valence-corrected chi connectivity index (χ1v) is 10.9. The van der Waals surface area contributed by atoms with Crippen LogP contribution in [-0.2, 0) is 14.8 Å². The average molecular weight is 416 g/mol. The quantitative estimate of drug-likeness (QED) is 0.532. The zero-order valence-corrected chi connectivity index (χ0v) is 17.3. The molecule has 0 spiro atoms. The van der Waals surface area contributed by atoms with Gasteiger partial charge in [0.25, 0.3) is 0 Å². The Morgan fingerprint density at radius 1 is 0.897 bits per heavy atom. The first kappa shape index (κ1) is 21.0.